The summed E-state index contributed by atoms with van der Waals surface area (Å²) < 4.78 is 0. The highest BCUT2D eigenvalue weighted by atomic mass is 35.5. The van der Waals surface area contributed by atoms with Crippen LogP contribution in [-0.4, -0.2) is 40.4 Å². The van der Waals surface area contributed by atoms with Crippen molar-refractivity contribution in [3.8, 4) is 0 Å². The zero-order valence-corrected chi connectivity index (χ0v) is 12.1. The van der Waals surface area contributed by atoms with Crippen LogP contribution in [0.25, 0.3) is 0 Å². The van der Waals surface area contributed by atoms with E-state index in [4.69, 9.17) is 5.73 Å². The predicted molar refractivity (Wildman–Crippen MR) is 75.8 cm³/mol. The highest BCUT2D eigenvalue weighted by Crippen LogP contribution is 2.35. The number of amides is 1. The van der Waals surface area contributed by atoms with Crippen molar-refractivity contribution in [3.63, 3.8) is 0 Å². The lowest BCUT2D eigenvalue weighted by atomic mass is 10.2. The van der Waals surface area contributed by atoms with Gasteiger partial charge in [0.05, 0.1) is 5.54 Å². The molecule has 0 spiro atoms. The van der Waals surface area contributed by atoms with E-state index >= 15 is 0 Å². The molecule has 2 rings (SSSR count). The van der Waals surface area contributed by atoms with E-state index in [-0.39, 0.29) is 18.3 Å². The van der Waals surface area contributed by atoms with Gasteiger partial charge in [0.2, 0.25) is 5.91 Å². The van der Waals surface area contributed by atoms with Crippen molar-refractivity contribution in [1.82, 2.24) is 4.90 Å². The van der Waals surface area contributed by atoms with Gasteiger partial charge in [0, 0.05) is 18.3 Å². The number of carbonyl (C=O) groups excluding carboxylic acids is 1. The molecule has 1 saturated carbocycles. The van der Waals surface area contributed by atoms with E-state index in [1.54, 1.807) is 0 Å². The molecule has 2 fully saturated rings. The number of thioether (sulfide) groups is 1. The van der Waals surface area contributed by atoms with Crippen LogP contribution in [0.5, 0.6) is 0 Å². The predicted octanol–water partition coefficient (Wildman–Crippen LogP) is 2.03. The smallest absolute Gasteiger partial charge is 0.242 e. The van der Waals surface area contributed by atoms with Crippen LogP contribution in [0.4, 0.5) is 0 Å². The average molecular weight is 279 g/mol. The molecular formula is C12H23ClN2OS. The Morgan fingerprint density at radius 2 is 2.18 bits per heavy atom. The van der Waals surface area contributed by atoms with Crippen molar-refractivity contribution in [2.45, 2.75) is 49.8 Å². The SMILES string of the molecule is CCSC1CCCCN(C(=O)C2(N)CC2)C1.Cl. The molecule has 1 unspecified atom stereocenters. The van der Waals surface area contributed by atoms with Crippen molar-refractivity contribution in [1.29, 1.82) is 0 Å². The van der Waals surface area contributed by atoms with Gasteiger partial charge in [-0.3, -0.25) is 4.79 Å². The van der Waals surface area contributed by atoms with Crippen LogP contribution in [0, 0.1) is 0 Å². The first-order valence-corrected chi connectivity index (χ1v) is 7.40. The van der Waals surface area contributed by atoms with Gasteiger partial charge in [-0.15, -0.1) is 12.4 Å². The Balaban J connectivity index is 0.00000144. The van der Waals surface area contributed by atoms with E-state index in [0.29, 0.717) is 5.25 Å². The molecule has 1 heterocycles. The van der Waals surface area contributed by atoms with Gasteiger partial charge < -0.3 is 10.6 Å². The highest BCUT2D eigenvalue weighted by molar-refractivity contribution is 7.99. The maximum absolute atomic E-state index is 12.2. The number of halogens is 1. The summed E-state index contributed by atoms with van der Waals surface area (Å²) in [6.45, 7) is 4.02. The van der Waals surface area contributed by atoms with Gasteiger partial charge in [0.15, 0.2) is 0 Å². The van der Waals surface area contributed by atoms with E-state index < -0.39 is 5.54 Å². The van der Waals surface area contributed by atoms with Gasteiger partial charge >= 0.3 is 0 Å². The van der Waals surface area contributed by atoms with Crippen LogP contribution < -0.4 is 5.73 Å². The van der Waals surface area contributed by atoms with Crippen molar-refractivity contribution in [3.05, 3.63) is 0 Å². The minimum absolute atomic E-state index is 0. The minimum Gasteiger partial charge on any atom is -0.340 e. The van der Waals surface area contributed by atoms with Gasteiger partial charge in [-0.25, -0.2) is 0 Å². The number of nitrogens with zero attached hydrogens (tertiary/aromatic N) is 1. The molecule has 17 heavy (non-hydrogen) atoms. The molecule has 0 bridgehead atoms. The maximum Gasteiger partial charge on any atom is 0.242 e. The molecule has 1 atom stereocenters. The normalized spacial score (nSPS) is 26.9. The van der Waals surface area contributed by atoms with Crippen molar-refractivity contribution >= 4 is 30.1 Å². The van der Waals surface area contributed by atoms with Gasteiger partial charge in [-0.1, -0.05) is 13.3 Å². The molecule has 2 N–H and O–H groups in total. The minimum atomic E-state index is -0.480. The fourth-order valence-corrected chi connectivity index (χ4v) is 3.41. The summed E-state index contributed by atoms with van der Waals surface area (Å²) >= 11 is 1.98. The number of carbonyl (C=O) groups is 1. The summed E-state index contributed by atoms with van der Waals surface area (Å²) in [5.74, 6) is 1.34. The zero-order chi connectivity index (χ0) is 11.6. The third-order valence-corrected chi connectivity index (χ3v) is 4.72. The van der Waals surface area contributed by atoms with Crippen LogP contribution in [-0.2, 0) is 4.79 Å². The first-order valence-electron chi connectivity index (χ1n) is 6.35. The first-order chi connectivity index (χ1) is 7.65. The van der Waals surface area contributed by atoms with Gasteiger partial charge in [-0.05, 0) is 31.4 Å². The Hall–Kier alpha value is 0.0700. The fourth-order valence-electron chi connectivity index (χ4n) is 2.32. The van der Waals surface area contributed by atoms with E-state index in [0.717, 1.165) is 38.1 Å². The molecule has 5 heteroatoms. The number of likely N-dealkylation sites (tertiary alicyclic amines) is 1. The van der Waals surface area contributed by atoms with Crippen LogP contribution in [0.15, 0.2) is 0 Å². The Bertz CT molecular complexity index is 271. The van der Waals surface area contributed by atoms with E-state index in [9.17, 15) is 4.79 Å². The number of nitrogens with two attached hydrogens (primary N) is 1. The molecule has 1 aliphatic carbocycles. The first kappa shape index (κ1) is 15.1. The summed E-state index contributed by atoms with van der Waals surface area (Å²) in [7, 11) is 0. The molecule has 0 radical (unpaired) electrons. The Morgan fingerprint density at radius 1 is 1.47 bits per heavy atom. The monoisotopic (exact) mass is 278 g/mol. The lowest BCUT2D eigenvalue weighted by Crippen LogP contribution is -2.47. The largest absolute Gasteiger partial charge is 0.340 e. The number of hydrogen-bond donors (Lipinski definition) is 1. The second-order valence-corrected chi connectivity index (χ2v) is 6.56. The zero-order valence-electron chi connectivity index (χ0n) is 10.5. The molecule has 2 aliphatic rings. The Kier molecular flexibility index (Phi) is 5.61. The average Bonchev–Trinajstić information content (AvgIpc) is 3.03. The molecule has 1 amide bonds. The Labute approximate surface area is 114 Å². The van der Waals surface area contributed by atoms with Crippen LogP contribution in [0.1, 0.15) is 39.0 Å². The fraction of sp³-hybridized carbons (Fsp3) is 0.917. The van der Waals surface area contributed by atoms with Gasteiger partial charge in [0.1, 0.15) is 0 Å². The molecule has 1 saturated heterocycles. The second kappa shape index (κ2) is 6.30. The third kappa shape index (κ3) is 3.76. The highest BCUT2D eigenvalue weighted by Gasteiger charge is 2.48. The topological polar surface area (TPSA) is 46.3 Å². The summed E-state index contributed by atoms with van der Waals surface area (Å²) in [6.07, 6.45) is 5.41. The maximum atomic E-state index is 12.2. The summed E-state index contributed by atoms with van der Waals surface area (Å²) in [4.78, 5) is 14.2. The van der Waals surface area contributed by atoms with Gasteiger partial charge in [-0.2, -0.15) is 11.8 Å². The van der Waals surface area contributed by atoms with Crippen LogP contribution in [0.3, 0.4) is 0 Å². The summed E-state index contributed by atoms with van der Waals surface area (Å²) in [5, 5.41) is 0.624. The van der Waals surface area contributed by atoms with Crippen molar-refractivity contribution in [2.24, 2.45) is 5.73 Å². The molecule has 0 aromatic heterocycles. The lowest BCUT2D eigenvalue weighted by molar-refractivity contribution is -0.133. The standard InChI is InChI=1S/C12H22N2OS.ClH/c1-2-16-10-5-3-4-8-14(9-10)11(15)12(13)6-7-12;/h10H,2-9,13H2,1H3;1H. The van der Waals surface area contributed by atoms with E-state index in [1.165, 1.54) is 12.8 Å². The quantitative estimate of drug-likeness (QED) is 0.859. The summed E-state index contributed by atoms with van der Waals surface area (Å²) in [6, 6.07) is 0. The molecular weight excluding hydrogens is 256 g/mol. The molecule has 0 aromatic rings. The lowest BCUT2D eigenvalue weighted by Gasteiger charge is -2.26. The van der Waals surface area contributed by atoms with E-state index in [1.807, 2.05) is 16.7 Å². The van der Waals surface area contributed by atoms with Crippen LogP contribution in [0.2, 0.25) is 0 Å². The van der Waals surface area contributed by atoms with Crippen LogP contribution >= 0.6 is 24.2 Å². The second-order valence-electron chi connectivity index (χ2n) is 4.98. The number of rotatable bonds is 3. The van der Waals surface area contributed by atoms with Crippen molar-refractivity contribution in [2.75, 3.05) is 18.8 Å². The van der Waals surface area contributed by atoms with E-state index in [2.05, 4.69) is 6.92 Å². The van der Waals surface area contributed by atoms with Crippen molar-refractivity contribution < 1.29 is 4.79 Å². The third-order valence-electron chi connectivity index (χ3n) is 3.53. The molecule has 0 aromatic carbocycles. The number of hydrogen-bond acceptors (Lipinski definition) is 3. The molecule has 1 aliphatic heterocycles. The van der Waals surface area contributed by atoms with Gasteiger partial charge in [0.25, 0.3) is 0 Å². The molecule has 100 valence electrons. The summed E-state index contributed by atoms with van der Waals surface area (Å²) in [5.41, 5.74) is 5.51. The molecule has 3 nitrogen and oxygen atoms in total. The Morgan fingerprint density at radius 3 is 2.76 bits per heavy atom.